The number of amides is 1. The van der Waals surface area contributed by atoms with Crippen LogP contribution in [0.15, 0.2) is 24.0 Å². The van der Waals surface area contributed by atoms with Crippen molar-refractivity contribution >= 4 is 17.8 Å². The zero-order valence-corrected chi connectivity index (χ0v) is 21.6. The second kappa shape index (κ2) is 8.98. The van der Waals surface area contributed by atoms with E-state index in [1.165, 1.54) is 13.8 Å². The number of rotatable bonds is 6. The van der Waals surface area contributed by atoms with Crippen LogP contribution in [-0.4, -0.2) is 64.5 Å². The van der Waals surface area contributed by atoms with Crippen LogP contribution < -0.4 is 15.4 Å². The van der Waals surface area contributed by atoms with Gasteiger partial charge >= 0.3 is 11.9 Å². The number of carbonyl (C=O) groups is 3. The first-order chi connectivity index (χ1) is 18.2. The number of esters is 2. The van der Waals surface area contributed by atoms with Crippen LogP contribution in [0.1, 0.15) is 63.5 Å². The standard InChI is InChI=1S/C28H34N2O8/c1-14(30-24(32)18-6-4-12-29-18)25(33)36-15(2)26(34)37-20-9-11-28(35)17-5-3-10-27(28)21-16(13-17)7-8-19(31)22(21)38-23(20)27/h7-9,14-15,17-18,23,29,31,35H,3-6,10-13H2,1-2H3,(H,30,32)/t14?,15-,17+,18-,23-,27-,28+/m0/s1. The minimum absolute atomic E-state index is 0.00397. The van der Waals surface area contributed by atoms with Gasteiger partial charge in [0.1, 0.15) is 11.8 Å². The number of carbonyl (C=O) groups excluding carboxylic acids is 3. The summed E-state index contributed by atoms with van der Waals surface area (Å²) in [5, 5.41) is 28.3. The quantitative estimate of drug-likeness (QED) is 0.406. The Labute approximate surface area is 220 Å². The molecule has 1 aromatic rings. The first-order valence-electron chi connectivity index (χ1n) is 13.6. The monoisotopic (exact) mass is 526 g/mol. The Morgan fingerprint density at radius 2 is 2.00 bits per heavy atom. The number of hydrogen-bond acceptors (Lipinski definition) is 9. The van der Waals surface area contributed by atoms with E-state index in [0.29, 0.717) is 31.4 Å². The molecule has 0 radical (unpaired) electrons. The van der Waals surface area contributed by atoms with E-state index < -0.39 is 41.2 Å². The molecule has 1 spiro atoms. The van der Waals surface area contributed by atoms with E-state index in [1.807, 2.05) is 6.07 Å². The lowest BCUT2D eigenvalue weighted by Crippen LogP contribution is -2.67. The Morgan fingerprint density at radius 1 is 1.18 bits per heavy atom. The number of phenolic OH excluding ortho intramolecular Hbond substituents is 1. The van der Waals surface area contributed by atoms with Gasteiger partial charge in [0.15, 0.2) is 23.7 Å². The fourth-order valence-corrected chi connectivity index (χ4v) is 7.34. The fourth-order valence-electron chi connectivity index (χ4n) is 7.34. The fraction of sp³-hybridized carbons (Fsp3) is 0.607. The van der Waals surface area contributed by atoms with Gasteiger partial charge in [0.05, 0.1) is 17.1 Å². The molecule has 6 rings (SSSR count). The number of phenols is 1. The molecule has 2 heterocycles. The Kier molecular flexibility index (Phi) is 5.95. The van der Waals surface area contributed by atoms with Crippen LogP contribution in [0.3, 0.4) is 0 Å². The number of benzene rings is 1. The highest BCUT2D eigenvalue weighted by molar-refractivity contribution is 5.88. The summed E-state index contributed by atoms with van der Waals surface area (Å²) in [5.41, 5.74) is -0.0241. The van der Waals surface area contributed by atoms with Crippen LogP contribution in [0.2, 0.25) is 0 Å². The van der Waals surface area contributed by atoms with Crippen LogP contribution in [0, 0.1) is 5.92 Å². The number of nitrogens with one attached hydrogen (secondary N) is 2. The second-order valence-electron chi connectivity index (χ2n) is 11.3. The maximum atomic E-state index is 13.0. The maximum absolute atomic E-state index is 13.0. The molecule has 4 N–H and O–H groups in total. The number of ether oxygens (including phenoxy) is 3. The van der Waals surface area contributed by atoms with Gasteiger partial charge in [-0.3, -0.25) is 4.79 Å². The molecule has 2 bridgehead atoms. The van der Waals surface area contributed by atoms with Crippen LogP contribution in [-0.2, 0) is 35.7 Å². The zero-order chi connectivity index (χ0) is 26.8. The molecule has 1 aromatic carbocycles. The Bertz CT molecular complexity index is 1220. The van der Waals surface area contributed by atoms with Crippen molar-refractivity contribution in [2.45, 2.75) is 94.1 Å². The van der Waals surface area contributed by atoms with Gasteiger partial charge in [0, 0.05) is 5.56 Å². The third-order valence-corrected chi connectivity index (χ3v) is 9.20. The Balaban J connectivity index is 1.17. The first kappa shape index (κ1) is 25.2. The molecular formula is C28H34N2O8. The van der Waals surface area contributed by atoms with Gasteiger partial charge in [-0.2, -0.15) is 0 Å². The molecule has 2 fully saturated rings. The molecule has 38 heavy (non-hydrogen) atoms. The molecule has 0 aromatic heterocycles. The molecule has 1 amide bonds. The lowest BCUT2D eigenvalue weighted by molar-refractivity contribution is -0.172. The van der Waals surface area contributed by atoms with Gasteiger partial charge < -0.3 is 35.1 Å². The lowest BCUT2D eigenvalue weighted by Gasteiger charge is -2.59. The highest BCUT2D eigenvalue weighted by atomic mass is 16.6. The van der Waals surface area contributed by atoms with Gasteiger partial charge in [-0.25, -0.2) is 9.59 Å². The van der Waals surface area contributed by atoms with Crippen molar-refractivity contribution in [1.82, 2.24) is 10.6 Å². The molecule has 7 atom stereocenters. The van der Waals surface area contributed by atoms with E-state index in [-0.39, 0.29) is 29.4 Å². The average Bonchev–Trinajstić information content (AvgIpc) is 3.53. The minimum Gasteiger partial charge on any atom is -0.504 e. The van der Waals surface area contributed by atoms with E-state index in [0.717, 1.165) is 36.9 Å². The van der Waals surface area contributed by atoms with Crippen molar-refractivity contribution in [3.8, 4) is 11.5 Å². The first-order valence-corrected chi connectivity index (χ1v) is 13.6. The molecule has 1 saturated heterocycles. The third-order valence-electron chi connectivity index (χ3n) is 9.20. The number of aromatic hydroxyl groups is 1. The molecule has 1 unspecified atom stereocenters. The molecule has 5 aliphatic rings. The van der Waals surface area contributed by atoms with Crippen molar-refractivity contribution in [1.29, 1.82) is 0 Å². The summed E-state index contributed by atoms with van der Waals surface area (Å²) in [6.07, 6.45) is 4.69. The Hall–Kier alpha value is -3.11. The summed E-state index contributed by atoms with van der Waals surface area (Å²) in [6, 6.07) is 2.24. The summed E-state index contributed by atoms with van der Waals surface area (Å²) >= 11 is 0. The van der Waals surface area contributed by atoms with Crippen molar-refractivity contribution < 1.29 is 38.8 Å². The summed E-state index contributed by atoms with van der Waals surface area (Å²) in [5.74, 6) is -1.18. The van der Waals surface area contributed by atoms with E-state index in [9.17, 15) is 24.6 Å². The number of aliphatic hydroxyl groups is 1. The van der Waals surface area contributed by atoms with Gasteiger partial charge in [0.2, 0.25) is 5.91 Å². The van der Waals surface area contributed by atoms with E-state index in [1.54, 1.807) is 12.1 Å². The molecule has 10 heteroatoms. The summed E-state index contributed by atoms with van der Waals surface area (Å²) in [6.45, 7) is 3.68. The third kappa shape index (κ3) is 3.56. The maximum Gasteiger partial charge on any atom is 0.352 e. The summed E-state index contributed by atoms with van der Waals surface area (Å²) in [7, 11) is 0. The molecule has 1 saturated carbocycles. The van der Waals surface area contributed by atoms with Crippen molar-refractivity contribution in [2.75, 3.05) is 6.54 Å². The van der Waals surface area contributed by atoms with Crippen molar-refractivity contribution in [2.24, 2.45) is 5.92 Å². The SMILES string of the molecule is CC(NC(=O)[C@@H]1CCCN1)C(=O)O[C@@H](C)C(=O)OC1=CC[C@@]2(O)[C@@H]3CCC[C@@]24c2c(ccc(O)c2O[C@@H]14)C3. The highest BCUT2D eigenvalue weighted by Gasteiger charge is 2.70. The van der Waals surface area contributed by atoms with Crippen LogP contribution in [0.5, 0.6) is 11.5 Å². The molecule has 204 valence electrons. The number of hydrogen-bond donors (Lipinski definition) is 4. The normalized spacial score (nSPS) is 33.8. The van der Waals surface area contributed by atoms with Crippen LogP contribution in [0.4, 0.5) is 0 Å². The van der Waals surface area contributed by atoms with Gasteiger partial charge in [-0.1, -0.05) is 12.5 Å². The van der Waals surface area contributed by atoms with Crippen molar-refractivity contribution in [3.63, 3.8) is 0 Å². The molecular weight excluding hydrogens is 492 g/mol. The van der Waals surface area contributed by atoms with Gasteiger partial charge in [-0.05, 0) is 82.5 Å². The highest BCUT2D eigenvalue weighted by Crippen LogP contribution is 2.67. The molecule has 2 aliphatic heterocycles. The summed E-state index contributed by atoms with van der Waals surface area (Å²) < 4.78 is 17.3. The molecule has 10 nitrogen and oxygen atoms in total. The molecule has 3 aliphatic carbocycles. The topological polar surface area (TPSA) is 143 Å². The van der Waals surface area contributed by atoms with E-state index in [4.69, 9.17) is 14.2 Å². The summed E-state index contributed by atoms with van der Waals surface area (Å²) in [4.78, 5) is 37.9. The average molecular weight is 527 g/mol. The van der Waals surface area contributed by atoms with Gasteiger partial charge in [-0.15, -0.1) is 0 Å². The van der Waals surface area contributed by atoms with Gasteiger partial charge in [0.25, 0.3) is 0 Å². The van der Waals surface area contributed by atoms with Crippen LogP contribution in [0.25, 0.3) is 0 Å². The van der Waals surface area contributed by atoms with Crippen molar-refractivity contribution in [3.05, 3.63) is 35.1 Å². The predicted octanol–water partition coefficient (Wildman–Crippen LogP) is 1.50. The Morgan fingerprint density at radius 3 is 2.76 bits per heavy atom. The van der Waals surface area contributed by atoms with Crippen LogP contribution >= 0.6 is 0 Å². The minimum atomic E-state index is -1.23. The van der Waals surface area contributed by atoms with E-state index >= 15 is 0 Å². The largest absolute Gasteiger partial charge is 0.504 e. The van der Waals surface area contributed by atoms with E-state index in [2.05, 4.69) is 10.6 Å². The zero-order valence-electron chi connectivity index (χ0n) is 21.6. The predicted molar refractivity (Wildman–Crippen MR) is 133 cm³/mol. The lowest BCUT2D eigenvalue weighted by atomic mass is 9.47. The second-order valence-corrected chi connectivity index (χ2v) is 11.3. The smallest absolute Gasteiger partial charge is 0.352 e.